The summed E-state index contributed by atoms with van der Waals surface area (Å²) < 4.78 is 31.3. The molecule has 0 aliphatic rings. The van der Waals surface area contributed by atoms with Crippen LogP contribution in [0.1, 0.15) is 11.4 Å². The van der Waals surface area contributed by atoms with E-state index in [2.05, 4.69) is 15.1 Å². The number of benzene rings is 2. The van der Waals surface area contributed by atoms with E-state index in [1.807, 2.05) is 5.38 Å². The van der Waals surface area contributed by atoms with Gasteiger partial charge in [-0.2, -0.15) is 5.10 Å². The number of halogens is 2. The zero-order valence-electron chi connectivity index (χ0n) is 19.2. The predicted octanol–water partition coefficient (Wildman–Crippen LogP) is 4.18. The molecule has 0 saturated heterocycles. The number of aryl methyl sites for hydroxylation is 1. The van der Waals surface area contributed by atoms with Gasteiger partial charge in [0.2, 0.25) is 0 Å². The Balaban J connectivity index is 1.61. The minimum absolute atomic E-state index is 0.0526. The van der Waals surface area contributed by atoms with E-state index < -0.39 is 22.9 Å². The Labute approximate surface area is 211 Å². The van der Waals surface area contributed by atoms with Gasteiger partial charge >= 0.3 is 0 Å². The molecule has 0 aliphatic heterocycles. The van der Waals surface area contributed by atoms with Crippen molar-refractivity contribution in [1.82, 2.24) is 29.3 Å². The molecular weight excluding hydrogens is 500 g/mol. The number of nitrogens with two attached hydrogens (primary N) is 1. The molecule has 3 N–H and O–H groups in total. The van der Waals surface area contributed by atoms with Gasteiger partial charge < -0.3 is 10.8 Å². The lowest BCUT2D eigenvalue weighted by molar-refractivity contribution is 0.432. The van der Waals surface area contributed by atoms with Crippen LogP contribution in [-0.2, 0) is 6.54 Å². The summed E-state index contributed by atoms with van der Waals surface area (Å²) in [6.45, 7) is 1.73. The molecule has 0 spiro atoms. The maximum absolute atomic E-state index is 14.9. The van der Waals surface area contributed by atoms with Gasteiger partial charge in [0, 0.05) is 5.56 Å². The average Bonchev–Trinajstić information content (AvgIpc) is 3.43. The fraction of sp³-hybridized carbons (Fsp3) is 0.0800. The van der Waals surface area contributed by atoms with Crippen LogP contribution in [0.5, 0.6) is 5.75 Å². The monoisotopic (exact) mass is 517 g/mol. The third-order valence-electron chi connectivity index (χ3n) is 6.02. The quantitative estimate of drug-likeness (QED) is 0.359. The average molecular weight is 518 g/mol. The van der Waals surface area contributed by atoms with Crippen molar-refractivity contribution in [1.29, 1.82) is 0 Å². The van der Waals surface area contributed by atoms with Gasteiger partial charge in [0.05, 0.1) is 16.5 Å². The van der Waals surface area contributed by atoms with Crippen LogP contribution in [-0.4, -0.2) is 34.4 Å². The molecule has 4 aromatic heterocycles. The highest BCUT2D eigenvalue weighted by molar-refractivity contribution is 7.16. The van der Waals surface area contributed by atoms with E-state index >= 15 is 0 Å². The van der Waals surface area contributed by atoms with Crippen molar-refractivity contribution in [2.75, 3.05) is 5.73 Å². The predicted molar refractivity (Wildman–Crippen MR) is 136 cm³/mol. The second-order valence-corrected chi connectivity index (χ2v) is 9.21. The lowest BCUT2D eigenvalue weighted by atomic mass is 10.1. The van der Waals surface area contributed by atoms with E-state index in [9.17, 15) is 18.7 Å². The zero-order valence-corrected chi connectivity index (χ0v) is 20.0. The number of fused-ring (bicyclic) bond motifs is 2. The van der Waals surface area contributed by atoms with E-state index in [1.165, 1.54) is 57.2 Å². The van der Waals surface area contributed by atoms with Gasteiger partial charge in [0.1, 0.15) is 40.9 Å². The summed E-state index contributed by atoms with van der Waals surface area (Å²) in [6.07, 6.45) is 1.27. The van der Waals surface area contributed by atoms with E-state index in [0.717, 1.165) is 11.6 Å². The molecule has 6 aromatic rings. The third kappa shape index (κ3) is 3.61. The highest BCUT2D eigenvalue weighted by Gasteiger charge is 2.22. The molecular formula is C25H17F2N7O2S. The molecule has 0 amide bonds. The van der Waals surface area contributed by atoms with Crippen LogP contribution in [0.4, 0.5) is 14.6 Å². The molecule has 9 nitrogen and oxygen atoms in total. The van der Waals surface area contributed by atoms with E-state index in [1.54, 1.807) is 13.0 Å². The molecule has 0 atom stereocenters. The zero-order chi connectivity index (χ0) is 25.8. The van der Waals surface area contributed by atoms with Crippen molar-refractivity contribution in [3.63, 3.8) is 0 Å². The second kappa shape index (κ2) is 8.45. The van der Waals surface area contributed by atoms with Crippen molar-refractivity contribution in [3.8, 4) is 22.7 Å². The molecule has 2 aromatic carbocycles. The lowest BCUT2D eigenvalue weighted by Crippen LogP contribution is -2.26. The number of anilines is 1. The molecule has 0 fully saturated rings. The fourth-order valence-corrected chi connectivity index (χ4v) is 5.22. The number of aromatic nitrogens is 6. The maximum Gasteiger partial charge on any atom is 0.267 e. The Morgan fingerprint density at radius 3 is 2.68 bits per heavy atom. The minimum Gasteiger partial charge on any atom is -0.505 e. The first kappa shape index (κ1) is 22.7. The Bertz CT molecular complexity index is 1910. The summed E-state index contributed by atoms with van der Waals surface area (Å²) in [5.74, 6) is -1.57. The maximum atomic E-state index is 14.9. The number of hydrogen-bond acceptors (Lipinski definition) is 8. The first-order valence-corrected chi connectivity index (χ1v) is 11.9. The Hall–Kier alpha value is -4.71. The highest BCUT2D eigenvalue weighted by Crippen LogP contribution is 2.33. The number of para-hydroxylation sites is 1. The summed E-state index contributed by atoms with van der Waals surface area (Å²) in [4.78, 5) is 27.2. The Morgan fingerprint density at radius 1 is 1.08 bits per heavy atom. The number of phenols is 1. The summed E-state index contributed by atoms with van der Waals surface area (Å²) in [7, 11) is 0. The first-order valence-electron chi connectivity index (χ1n) is 11.0. The lowest BCUT2D eigenvalue weighted by Gasteiger charge is -2.14. The van der Waals surface area contributed by atoms with E-state index in [-0.39, 0.29) is 23.9 Å². The van der Waals surface area contributed by atoms with Crippen molar-refractivity contribution in [2.24, 2.45) is 0 Å². The van der Waals surface area contributed by atoms with Crippen molar-refractivity contribution < 1.29 is 13.9 Å². The molecule has 0 radical (unpaired) electrons. The number of rotatable bonds is 4. The fourth-order valence-electron chi connectivity index (χ4n) is 4.29. The molecule has 0 bridgehead atoms. The molecule has 0 saturated carbocycles. The highest BCUT2D eigenvalue weighted by atomic mass is 32.1. The van der Waals surface area contributed by atoms with Gasteiger partial charge in [0.25, 0.3) is 5.56 Å². The molecule has 4 heterocycles. The normalized spacial score (nSPS) is 11.5. The number of nitrogen functional groups attached to an aromatic ring is 1. The molecule has 12 heteroatoms. The number of phenolic OH excluding ortho intramolecular Hbond substituents is 1. The van der Waals surface area contributed by atoms with Crippen molar-refractivity contribution >= 4 is 38.4 Å². The van der Waals surface area contributed by atoms with E-state index in [4.69, 9.17) is 10.7 Å². The summed E-state index contributed by atoms with van der Waals surface area (Å²) in [5, 5.41) is 17.1. The van der Waals surface area contributed by atoms with Crippen LogP contribution in [0.15, 0.2) is 59.0 Å². The second-order valence-electron chi connectivity index (χ2n) is 8.35. The standard InChI is InChI=1S/C25H17F2N7O2S/c1-12-10-37-24-19(12)25(36)34(16-5-3-2-4-14(16)26)18(31-24)9-33-23-20(22(28)29-11-30-23)21(32-33)13-6-7-15(27)17(35)8-13/h2-8,10-11,35H,9H2,1H3,(H2,28,29,30). The smallest absolute Gasteiger partial charge is 0.267 e. The Kier molecular flexibility index (Phi) is 5.19. The molecule has 6 rings (SSSR count). The van der Waals surface area contributed by atoms with Crippen LogP contribution in [0.2, 0.25) is 0 Å². The molecule has 0 aliphatic carbocycles. The number of nitrogens with zero attached hydrogens (tertiary/aromatic N) is 6. The van der Waals surface area contributed by atoms with Gasteiger partial charge in [-0.25, -0.2) is 28.4 Å². The van der Waals surface area contributed by atoms with E-state index in [0.29, 0.717) is 32.5 Å². The summed E-state index contributed by atoms with van der Waals surface area (Å²) >= 11 is 1.32. The minimum atomic E-state index is -0.783. The van der Waals surface area contributed by atoms with Crippen LogP contribution >= 0.6 is 11.3 Å². The van der Waals surface area contributed by atoms with Crippen LogP contribution < -0.4 is 11.3 Å². The number of thiophene rings is 1. The molecule has 0 unspecified atom stereocenters. The SMILES string of the molecule is Cc1csc2nc(Cn3nc(-c4ccc(F)c(O)c4)c4c(N)ncnc43)n(-c3ccccc3F)c(=O)c12. The molecule has 37 heavy (non-hydrogen) atoms. The largest absolute Gasteiger partial charge is 0.505 e. The van der Waals surface area contributed by atoms with Crippen LogP contribution in [0.3, 0.4) is 0 Å². The molecule has 184 valence electrons. The topological polar surface area (TPSA) is 125 Å². The number of aromatic hydroxyl groups is 1. The van der Waals surface area contributed by atoms with Gasteiger partial charge in [-0.3, -0.25) is 9.36 Å². The first-order chi connectivity index (χ1) is 17.8. The summed E-state index contributed by atoms with van der Waals surface area (Å²) in [6, 6.07) is 9.73. The Morgan fingerprint density at radius 2 is 1.89 bits per heavy atom. The summed E-state index contributed by atoms with van der Waals surface area (Å²) in [5.41, 5.74) is 7.55. The van der Waals surface area contributed by atoms with Gasteiger partial charge in [-0.05, 0) is 48.2 Å². The van der Waals surface area contributed by atoms with Crippen molar-refractivity contribution in [3.05, 3.63) is 87.5 Å². The van der Waals surface area contributed by atoms with Gasteiger partial charge in [-0.15, -0.1) is 11.3 Å². The van der Waals surface area contributed by atoms with Crippen LogP contribution in [0.25, 0.3) is 38.2 Å². The van der Waals surface area contributed by atoms with Crippen molar-refractivity contribution in [2.45, 2.75) is 13.5 Å². The number of hydrogen-bond donors (Lipinski definition) is 2. The van der Waals surface area contributed by atoms with Gasteiger partial charge in [-0.1, -0.05) is 12.1 Å². The van der Waals surface area contributed by atoms with Crippen LogP contribution in [0, 0.1) is 18.6 Å². The van der Waals surface area contributed by atoms with Gasteiger partial charge in [0.15, 0.2) is 17.2 Å². The third-order valence-corrected chi connectivity index (χ3v) is 7.01.